The first kappa shape index (κ1) is 21.6. The van der Waals surface area contributed by atoms with Crippen LogP contribution in [0.2, 0.25) is 0 Å². The summed E-state index contributed by atoms with van der Waals surface area (Å²) in [5, 5.41) is 11.0. The van der Waals surface area contributed by atoms with Crippen LogP contribution in [0, 0.1) is 10.1 Å². The number of hydrogen-bond acceptors (Lipinski definition) is 8. The summed E-state index contributed by atoms with van der Waals surface area (Å²) in [5.41, 5.74) is -0.842. The van der Waals surface area contributed by atoms with Crippen LogP contribution >= 0.6 is 0 Å². The van der Waals surface area contributed by atoms with Gasteiger partial charge in [0, 0.05) is 25.1 Å². The van der Waals surface area contributed by atoms with Gasteiger partial charge < -0.3 is 14.4 Å². The predicted octanol–water partition coefficient (Wildman–Crippen LogP) is 1.84. The van der Waals surface area contributed by atoms with E-state index in [-0.39, 0.29) is 35.6 Å². The first-order valence-electron chi connectivity index (χ1n) is 10.5. The van der Waals surface area contributed by atoms with Crippen molar-refractivity contribution in [2.24, 2.45) is 0 Å². The molecule has 0 N–H and O–H groups in total. The zero-order chi connectivity index (χ0) is 24.2. The van der Waals surface area contributed by atoms with E-state index in [0.29, 0.717) is 30.0 Å². The summed E-state index contributed by atoms with van der Waals surface area (Å²) >= 11 is 0. The van der Waals surface area contributed by atoms with Crippen molar-refractivity contribution in [2.45, 2.75) is 18.4 Å². The standard InChI is InChI=1S/C23H19N3O8/c1-33-14-3-5-19-17(9-14)18(27)10-23(34-19)6-7-24(12-23)20(28)11-25-21(29)15-4-2-13(26(31)32)8-16(15)22(25)30/h2-5,8-9H,6-7,10-12H2,1H3. The molecule has 3 aliphatic heterocycles. The van der Waals surface area contributed by atoms with Crippen molar-refractivity contribution in [1.29, 1.82) is 0 Å². The number of rotatable bonds is 4. The minimum atomic E-state index is -0.878. The Morgan fingerprint density at radius 3 is 2.62 bits per heavy atom. The summed E-state index contributed by atoms with van der Waals surface area (Å²) < 4.78 is 11.3. The Bertz CT molecular complexity index is 1290. The Morgan fingerprint density at radius 2 is 1.88 bits per heavy atom. The molecule has 5 rings (SSSR count). The maximum Gasteiger partial charge on any atom is 0.270 e. The third kappa shape index (κ3) is 3.36. The Labute approximate surface area is 193 Å². The molecule has 11 heteroatoms. The van der Waals surface area contributed by atoms with Crippen LogP contribution in [0.3, 0.4) is 0 Å². The molecule has 1 fully saturated rings. The molecule has 0 aromatic heterocycles. The van der Waals surface area contributed by atoms with E-state index >= 15 is 0 Å². The van der Waals surface area contributed by atoms with E-state index in [2.05, 4.69) is 0 Å². The molecule has 1 unspecified atom stereocenters. The number of carbonyl (C=O) groups excluding carboxylic acids is 4. The van der Waals surface area contributed by atoms with E-state index in [1.54, 1.807) is 18.2 Å². The Balaban J connectivity index is 1.30. The van der Waals surface area contributed by atoms with Crippen LogP contribution in [0.15, 0.2) is 36.4 Å². The van der Waals surface area contributed by atoms with Crippen molar-refractivity contribution in [3.05, 3.63) is 63.2 Å². The Hall–Kier alpha value is -4.28. The number of non-ortho nitro benzene ring substituents is 1. The number of imide groups is 1. The molecule has 174 valence electrons. The molecule has 0 saturated carbocycles. The summed E-state index contributed by atoms with van der Waals surface area (Å²) in [4.78, 5) is 63.7. The second-order valence-electron chi connectivity index (χ2n) is 8.50. The van der Waals surface area contributed by atoms with Crippen molar-refractivity contribution < 1.29 is 33.6 Å². The lowest BCUT2D eigenvalue weighted by molar-refractivity contribution is -0.384. The number of nitrogens with zero attached hydrogens (tertiary/aromatic N) is 3. The first-order chi connectivity index (χ1) is 16.2. The number of carbonyl (C=O) groups is 4. The van der Waals surface area contributed by atoms with Crippen molar-refractivity contribution in [1.82, 2.24) is 9.80 Å². The third-order valence-corrected chi connectivity index (χ3v) is 6.42. The molecule has 3 amide bonds. The summed E-state index contributed by atoms with van der Waals surface area (Å²) in [7, 11) is 1.51. The van der Waals surface area contributed by atoms with E-state index in [4.69, 9.17) is 9.47 Å². The highest BCUT2D eigenvalue weighted by Gasteiger charge is 2.48. The molecule has 1 spiro atoms. The fourth-order valence-electron chi connectivity index (χ4n) is 4.66. The van der Waals surface area contributed by atoms with Crippen molar-refractivity contribution in [3.63, 3.8) is 0 Å². The first-order valence-corrected chi connectivity index (χ1v) is 10.5. The SMILES string of the molecule is COc1ccc2c(c1)C(=O)CC1(CCN(C(=O)CN3C(=O)c4ccc([N+](=O)[O-])cc4C3=O)C1)O2. The number of ketones is 1. The van der Waals surface area contributed by atoms with Crippen molar-refractivity contribution >= 4 is 29.2 Å². The van der Waals surface area contributed by atoms with Crippen LogP contribution in [0.1, 0.15) is 43.9 Å². The van der Waals surface area contributed by atoms with Crippen molar-refractivity contribution in [2.75, 3.05) is 26.7 Å². The minimum absolute atomic E-state index is 0.0227. The largest absolute Gasteiger partial charge is 0.497 e. The lowest BCUT2D eigenvalue weighted by atomic mass is 9.89. The predicted molar refractivity (Wildman–Crippen MR) is 115 cm³/mol. The van der Waals surface area contributed by atoms with Gasteiger partial charge in [0.15, 0.2) is 5.78 Å². The number of likely N-dealkylation sites (tertiary alicyclic amines) is 1. The molecular weight excluding hydrogens is 446 g/mol. The normalized spacial score (nSPS) is 20.9. The molecule has 2 aromatic rings. The van der Waals surface area contributed by atoms with Crippen LogP contribution in [-0.4, -0.2) is 70.6 Å². The second kappa shape index (κ2) is 7.65. The smallest absolute Gasteiger partial charge is 0.270 e. The maximum atomic E-state index is 13.0. The van der Waals surface area contributed by atoms with Gasteiger partial charge in [-0.2, -0.15) is 0 Å². The van der Waals surface area contributed by atoms with Crippen LogP contribution in [-0.2, 0) is 4.79 Å². The van der Waals surface area contributed by atoms with Crippen LogP contribution in [0.5, 0.6) is 11.5 Å². The molecule has 3 heterocycles. The summed E-state index contributed by atoms with van der Waals surface area (Å²) in [6.45, 7) is -0.0676. The van der Waals surface area contributed by atoms with Gasteiger partial charge in [0.05, 0.1) is 41.7 Å². The highest BCUT2D eigenvalue weighted by atomic mass is 16.6. The lowest BCUT2D eigenvalue weighted by Crippen LogP contribution is -2.47. The lowest BCUT2D eigenvalue weighted by Gasteiger charge is -2.34. The number of Topliss-reactive ketones (excluding diaryl/α,β-unsaturated/α-hetero) is 1. The van der Waals surface area contributed by atoms with Gasteiger partial charge in [-0.1, -0.05) is 0 Å². The van der Waals surface area contributed by atoms with E-state index < -0.39 is 34.8 Å². The highest BCUT2D eigenvalue weighted by molar-refractivity contribution is 6.22. The van der Waals surface area contributed by atoms with E-state index in [9.17, 15) is 29.3 Å². The Morgan fingerprint density at radius 1 is 1.12 bits per heavy atom. The molecular formula is C23H19N3O8. The number of ether oxygens (including phenoxy) is 2. The van der Waals surface area contributed by atoms with Crippen molar-refractivity contribution in [3.8, 4) is 11.5 Å². The maximum absolute atomic E-state index is 13.0. The monoisotopic (exact) mass is 465 g/mol. The van der Waals surface area contributed by atoms with Gasteiger partial charge in [0.2, 0.25) is 5.91 Å². The second-order valence-corrected chi connectivity index (χ2v) is 8.50. The van der Waals surface area contributed by atoms with Gasteiger partial charge in [-0.05, 0) is 24.3 Å². The van der Waals surface area contributed by atoms with Gasteiger partial charge in [-0.25, -0.2) is 0 Å². The topological polar surface area (TPSA) is 136 Å². The molecule has 0 bridgehead atoms. The van der Waals surface area contributed by atoms with Gasteiger partial charge in [0.25, 0.3) is 17.5 Å². The average molecular weight is 465 g/mol. The van der Waals surface area contributed by atoms with E-state index in [1.807, 2.05) is 0 Å². The molecule has 1 atom stereocenters. The number of amides is 3. The number of nitro benzene ring substituents is 1. The summed E-state index contributed by atoms with van der Waals surface area (Å²) in [6.07, 6.45) is 0.512. The van der Waals surface area contributed by atoms with Gasteiger partial charge in [-0.15, -0.1) is 0 Å². The summed E-state index contributed by atoms with van der Waals surface area (Å²) in [5.74, 6) is -1.05. The number of nitro groups is 1. The molecule has 3 aliphatic rings. The number of methoxy groups -OCH3 is 1. The van der Waals surface area contributed by atoms with E-state index in [0.717, 1.165) is 17.0 Å². The molecule has 1 saturated heterocycles. The molecule has 11 nitrogen and oxygen atoms in total. The zero-order valence-corrected chi connectivity index (χ0v) is 18.1. The highest BCUT2D eigenvalue weighted by Crippen LogP contribution is 2.40. The zero-order valence-electron chi connectivity index (χ0n) is 18.1. The molecule has 2 aromatic carbocycles. The number of fused-ring (bicyclic) bond motifs is 2. The van der Waals surface area contributed by atoms with E-state index in [1.165, 1.54) is 18.1 Å². The van der Waals surface area contributed by atoms with Gasteiger partial charge >= 0.3 is 0 Å². The molecule has 0 aliphatic carbocycles. The average Bonchev–Trinajstić information content (AvgIpc) is 3.33. The van der Waals surface area contributed by atoms with Crippen LogP contribution in [0.4, 0.5) is 5.69 Å². The quantitative estimate of drug-likeness (QED) is 0.379. The molecule has 0 radical (unpaired) electrons. The third-order valence-electron chi connectivity index (χ3n) is 6.42. The number of hydrogen-bond donors (Lipinski definition) is 0. The number of benzene rings is 2. The Kier molecular flexibility index (Phi) is 4.85. The molecule has 34 heavy (non-hydrogen) atoms. The van der Waals surface area contributed by atoms with Crippen LogP contribution in [0.25, 0.3) is 0 Å². The fraction of sp³-hybridized carbons (Fsp3) is 0.304. The van der Waals surface area contributed by atoms with Gasteiger partial charge in [-0.3, -0.25) is 34.2 Å². The minimum Gasteiger partial charge on any atom is -0.497 e. The fourth-order valence-corrected chi connectivity index (χ4v) is 4.66. The summed E-state index contributed by atoms with van der Waals surface area (Å²) in [6, 6.07) is 8.38. The van der Waals surface area contributed by atoms with Gasteiger partial charge in [0.1, 0.15) is 23.6 Å². The van der Waals surface area contributed by atoms with Crippen LogP contribution < -0.4 is 9.47 Å².